The zero-order valence-corrected chi connectivity index (χ0v) is 15.1. The van der Waals surface area contributed by atoms with Crippen molar-refractivity contribution in [2.45, 2.75) is 6.42 Å². The van der Waals surface area contributed by atoms with E-state index in [1.54, 1.807) is 19.2 Å². The lowest BCUT2D eigenvalue weighted by Gasteiger charge is -2.20. The second-order valence-corrected chi connectivity index (χ2v) is 7.48. The summed E-state index contributed by atoms with van der Waals surface area (Å²) >= 11 is 0. The van der Waals surface area contributed by atoms with Gasteiger partial charge in [-0.2, -0.15) is 0 Å². The summed E-state index contributed by atoms with van der Waals surface area (Å²) in [5, 5.41) is 2.65. The molecule has 0 saturated carbocycles. The topological polar surface area (TPSA) is 88.8 Å². The van der Waals surface area contributed by atoms with Crippen LogP contribution in [0, 0.1) is 0 Å². The molecule has 1 N–H and O–H groups in total. The molecule has 0 saturated heterocycles. The third-order valence-electron chi connectivity index (χ3n) is 3.64. The first-order valence-corrected chi connectivity index (χ1v) is 9.65. The molecule has 0 unspecified atom stereocenters. The molecular formula is C17H22N2O5S. The van der Waals surface area contributed by atoms with Crippen molar-refractivity contribution in [1.29, 1.82) is 0 Å². The number of rotatable bonds is 9. The highest BCUT2D eigenvalue weighted by Gasteiger charge is 2.17. The average molecular weight is 366 g/mol. The summed E-state index contributed by atoms with van der Waals surface area (Å²) in [7, 11) is -1.79. The lowest BCUT2D eigenvalue weighted by molar-refractivity contribution is 0.0924. The van der Waals surface area contributed by atoms with Crippen LogP contribution in [0.1, 0.15) is 16.1 Å². The molecule has 0 fully saturated rings. The highest BCUT2D eigenvalue weighted by molar-refractivity contribution is 7.88. The number of amides is 1. The highest BCUT2D eigenvalue weighted by Crippen LogP contribution is 2.13. The predicted molar refractivity (Wildman–Crippen MR) is 94.2 cm³/mol. The molecule has 1 aromatic heterocycles. The molecule has 1 heterocycles. The van der Waals surface area contributed by atoms with Crippen LogP contribution in [0.25, 0.3) is 0 Å². The van der Waals surface area contributed by atoms with Crippen molar-refractivity contribution < 1.29 is 22.4 Å². The van der Waals surface area contributed by atoms with Gasteiger partial charge in [0.25, 0.3) is 5.91 Å². The molecule has 0 spiro atoms. The zero-order valence-electron chi connectivity index (χ0n) is 14.3. The molecule has 0 aliphatic rings. The SMILES string of the molecule is COc1cccc(CCN(CCNC(=O)c2ccco2)S(C)(=O)=O)c1. The predicted octanol–water partition coefficient (Wildman–Crippen LogP) is 1.52. The molecule has 8 heteroatoms. The van der Waals surface area contributed by atoms with E-state index in [0.717, 1.165) is 17.6 Å². The van der Waals surface area contributed by atoms with Crippen LogP contribution in [0.2, 0.25) is 0 Å². The number of nitrogens with zero attached hydrogens (tertiary/aromatic N) is 1. The fourth-order valence-electron chi connectivity index (χ4n) is 2.31. The minimum Gasteiger partial charge on any atom is -0.497 e. The van der Waals surface area contributed by atoms with Crippen molar-refractivity contribution in [1.82, 2.24) is 9.62 Å². The number of sulfonamides is 1. The quantitative estimate of drug-likeness (QED) is 0.727. The van der Waals surface area contributed by atoms with E-state index in [4.69, 9.17) is 9.15 Å². The van der Waals surface area contributed by atoms with Crippen LogP contribution in [0.15, 0.2) is 47.1 Å². The van der Waals surface area contributed by atoms with E-state index in [9.17, 15) is 13.2 Å². The Hall–Kier alpha value is -2.32. The van der Waals surface area contributed by atoms with Gasteiger partial charge in [-0.3, -0.25) is 4.79 Å². The molecule has 25 heavy (non-hydrogen) atoms. The number of hydrogen-bond acceptors (Lipinski definition) is 5. The van der Waals surface area contributed by atoms with Crippen LogP contribution in [-0.4, -0.2) is 51.6 Å². The van der Waals surface area contributed by atoms with E-state index < -0.39 is 10.0 Å². The molecule has 1 amide bonds. The van der Waals surface area contributed by atoms with Gasteiger partial charge in [0.1, 0.15) is 5.75 Å². The van der Waals surface area contributed by atoms with Crippen molar-refractivity contribution in [2.75, 3.05) is 33.0 Å². The van der Waals surface area contributed by atoms with Crippen LogP contribution in [0.3, 0.4) is 0 Å². The molecule has 0 atom stereocenters. The third kappa shape index (κ3) is 5.91. The molecule has 0 radical (unpaired) electrons. The maximum atomic E-state index is 12.0. The van der Waals surface area contributed by atoms with E-state index in [1.165, 1.54) is 10.6 Å². The third-order valence-corrected chi connectivity index (χ3v) is 4.95. The molecule has 0 aliphatic carbocycles. The Balaban J connectivity index is 1.89. The van der Waals surface area contributed by atoms with Crippen molar-refractivity contribution >= 4 is 15.9 Å². The number of furan rings is 1. The summed E-state index contributed by atoms with van der Waals surface area (Å²) in [6.07, 6.45) is 3.12. The van der Waals surface area contributed by atoms with Gasteiger partial charge < -0.3 is 14.5 Å². The number of hydrogen-bond donors (Lipinski definition) is 1. The average Bonchev–Trinajstić information content (AvgIpc) is 3.11. The standard InChI is InChI=1S/C17H22N2O5S/c1-23-15-6-3-5-14(13-15)8-10-19(25(2,21)22)11-9-18-17(20)16-7-4-12-24-16/h3-7,12-13H,8-11H2,1-2H3,(H,18,20). The zero-order chi connectivity index (χ0) is 18.3. The molecular weight excluding hydrogens is 344 g/mol. The lowest BCUT2D eigenvalue weighted by Crippen LogP contribution is -2.39. The second-order valence-electron chi connectivity index (χ2n) is 5.50. The van der Waals surface area contributed by atoms with Gasteiger partial charge in [-0.1, -0.05) is 12.1 Å². The van der Waals surface area contributed by atoms with Crippen molar-refractivity contribution in [2.24, 2.45) is 0 Å². The molecule has 1 aromatic carbocycles. The van der Waals surface area contributed by atoms with Crippen LogP contribution in [-0.2, 0) is 16.4 Å². The fraction of sp³-hybridized carbons (Fsp3) is 0.353. The summed E-state index contributed by atoms with van der Waals surface area (Å²) in [6, 6.07) is 10.7. The lowest BCUT2D eigenvalue weighted by atomic mass is 10.1. The number of benzene rings is 1. The summed E-state index contributed by atoms with van der Waals surface area (Å²) < 4.78 is 35.4. The summed E-state index contributed by atoms with van der Waals surface area (Å²) in [5.41, 5.74) is 0.979. The maximum Gasteiger partial charge on any atom is 0.287 e. The van der Waals surface area contributed by atoms with Crippen LogP contribution >= 0.6 is 0 Å². The minimum atomic E-state index is -3.38. The van der Waals surface area contributed by atoms with Crippen molar-refractivity contribution in [3.05, 3.63) is 54.0 Å². The van der Waals surface area contributed by atoms with Crippen molar-refractivity contribution in [3.8, 4) is 5.75 Å². The Morgan fingerprint density at radius 1 is 1.24 bits per heavy atom. The summed E-state index contributed by atoms with van der Waals surface area (Å²) in [4.78, 5) is 11.8. The summed E-state index contributed by atoms with van der Waals surface area (Å²) in [6.45, 7) is 0.711. The molecule has 2 aromatic rings. The van der Waals surface area contributed by atoms with Gasteiger partial charge in [0.2, 0.25) is 10.0 Å². The van der Waals surface area contributed by atoms with Gasteiger partial charge in [0.05, 0.1) is 19.6 Å². The van der Waals surface area contributed by atoms with E-state index in [-0.39, 0.29) is 24.8 Å². The Bertz CT molecular complexity index is 787. The Morgan fingerprint density at radius 3 is 2.68 bits per heavy atom. The van der Waals surface area contributed by atoms with Crippen molar-refractivity contribution in [3.63, 3.8) is 0 Å². The highest BCUT2D eigenvalue weighted by atomic mass is 32.2. The van der Waals surface area contributed by atoms with E-state index in [0.29, 0.717) is 13.0 Å². The number of carbonyl (C=O) groups is 1. The van der Waals surface area contributed by atoms with E-state index >= 15 is 0 Å². The Morgan fingerprint density at radius 2 is 2.04 bits per heavy atom. The van der Waals surface area contributed by atoms with Crippen LogP contribution in [0.4, 0.5) is 0 Å². The van der Waals surface area contributed by atoms with Gasteiger partial charge in [-0.05, 0) is 36.2 Å². The number of methoxy groups -OCH3 is 1. The largest absolute Gasteiger partial charge is 0.497 e. The Labute approximate surface area is 147 Å². The molecule has 0 bridgehead atoms. The molecule has 0 aliphatic heterocycles. The molecule has 136 valence electrons. The van der Waals surface area contributed by atoms with Gasteiger partial charge in [-0.15, -0.1) is 0 Å². The number of carbonyl (C=O) groups excluding carboxylic acids is 1. The van der Waals surface area contributed by atoms with Gasteiger partial charge in [-0.25, -0.2) is 12.7 Å². The molecule has 2 rings (SSSR count). The van der Waals surface area contributed by atoms with E-state index in [1.807, 2.05) is 24.3 Å². The van der Waals surface area contributed by atoms with Gasteiger partial charge in [0, 0.05) is 19.6 Å². The maximum absolute atomic E-state index is 12.0. The van der Waals surface area contributed by atoms with E-state index in [2.05, 4.69) is 5.32 Å². The number of ether oxygens (including phenoxy) is 1. The van der Waals surface area contributed by atoms with Crippen LogP contribution in [0.5, 0.6) is 5.75 Å². The first kappa shape index (κ1) is 19.0. The first-order valence-electron chi connectivity index (χ1n) is 7.80. The fourth-order valence-corrected chi connectivity index (χ4v) is 3.16. The Kier molecular flexibility index (Phi) is 6.60. The molecule has 7 nitrogen and oxygen atoms in total. The monoisotopic (exact) mass is 366 g/mol. The van der Waals surface area contributed by atoms with Crippen LogP contribution < -0.4 is 10.1 Å². The smallest absolute Gasteiger partial charge is 0.287 e. The van der Waals surface area contributed by atoms with Gasteiger partial charge >= 0.3 is 0 Å². The normalized spacial score (nSPS) is 11.5. The second kappa shape index (κ2) is 8.68. The minimum absolute atomic E-state index is 0.190. The van der Waals surface area contributed by atoms with Gasteiger partial charge in [0.15, 0.2) is 5.76 Å². The summed E-state index contributed by atoms with van der Waals surface area (Å²) in [5.74, 6) is 0.558. The number of nitrogens with one attached hydrogen (secondary N) is 1. The first-order chi connectivity index (χ1) is 11.9.